The lowest BCUT2D eigenvalue weighted by atomic mass is 10.2. The van der Waals surface area contributed by atoms with Crippen molar-refractivity contribution < 1.29 is 14.3 Å². The largest absolute Gasteiger partial charge is 0.484 e. The lowest BCUT2D eigenvalue weighted by Gasteiger charge is -2.06. The number of nitrogens with one attached hydrogen (secondary N) is 1. The van der Waals surface area contributed by atoms with Gasteiger partial charge in [0.15, 0.2) is 11.7 Å². The first-order valence-corrected chi connectivity index (χ1v) is 10.3. The number of para-hydroxylation sites is 1. The Kier molecular flexibility index (Phi) is 6.06. The number of aryl methyl sites for hydroxylation is 1. The fraction of sp³-hybridized carbons (Fsp3) is 0.0833. The number of benzene rings is 3. The summed E-state index contributed by atoms with van der Waals surface area (Å²) in [5.74, 6) is 1.95. The van der Waals surface area contributed by atoms with Gasteiger partial charge in [-0.3, -0.25) is 10.1 Å². The summed E-state index contributed by atoms with van der Waals surface area (Å²) in [6.07, 6.45) is 0. The quantitative estimate of drug-likeness (QED) is 0.406. The Balaban J connectivity index is 1.33. The Hall–Kier alpha value is -3.64. The molecule has 30 heavy (non-hydrogen) atoms. The van der Waals surface area contributed by atoms with Gasteiger partial charge in [0.25, 0.3) is 5.91 Å². The first-order valence-electron chi connectivity index (χ1n) is 9.44. The molecule has 1 heterocycles. The third-order valence-corrected chi connectivity index (χ3v) is 5.03. The maximum atomic E-state index is 12.1. The van der Waals surface area contributed by atoms with Gasteiger partial charge in [-0.05, 0) is 55.5 Å². The Morgan fingerprint density at radius 3 is 2.30 bits per heavy atom. The van der Waals surface area contributed by atoms with E-state index in [-0.39, 0.29) is 12.5 Å². The number of thiazole rings is 1. The average molecular weight is 417 g/mol. The summed E-state index contributed by atoms with van der Waals surface area (Å²) < 4.78 is 11.3. The average Bonchev–Trinajstić information content (AvgIpc) is 3.23. The highest BCUT2D eigenvalue weighted by atomic mass is 32.1. The molecule has 0 unspecified atom stereocenters. The predicted molar refractivity (Wildman–Crippen MR) is 119 cm³/mol. The maximum Gasteiger partial charge on any atom is 0.264 e. The second-order valence-electron chi connectivity index (χ2n) is 6.63. The SMILES string of the molecule is Cc1ccc(OCC(=O)Nc2nc(-c3ccc(Oc4ccccc4)cc3)cs2)cc1. The van der Waals surface area contributed by atoms with E-state index in [4.69, 9.17) is 9.47 Å². The van der Waals surface area contributed by atoms with Gasteiger partial charge in [0.1, 0.15) is 17.2 Å². The monoisotopic (exact) mass is 416 g/mol. The van der Waals surface area contributed by atoms with Crippen LogP contribution in [0.15, 0.2) is 84.2 Å². The standard InChI is InChI=1S/C24H20N2O3S/c1-17-7-11-19(12-8-17)28-15-23(27)26-24-25-22(16-30-24)18-9-13-21(14-10-18)29-20-5-3-2-4-6-20/h2-14,16H,15H2,1H3,(H,25,26,27). The van der Waals surface area contributed by atoms with Crippen molar-refractivity contribution in [1.82, 2.24) is 4.98 Å². The molecule has 1 N–H and O–H groups in total. The number of rotatable bonds is 7. The van der Waals surface area contributed by atoms with Crippen LogP contribution in [0.4, 0.5) is 5.13 Å². The predicted octanol–water partition coefficient (Wildman–Crippen LogP) is 5.93. The topological polar surface area (TPSA) is 60.5 Å². The Labute approximate surface area is 178 Å². The number of nitrogens with zero attached hydrogens (tertiary/aromatic N) is 1. The molecule has 0 aliphatic carbocycles. The van der Waals surface area contributed by atoms with E-state index in [1.54, 1.807) is 0 Å². The molecule has 0 saturated carbocycles. The van der Waals surface area contributed by atoms with Gasteiger partial charge in [-0.2, -0.15) is 0 Å². The molecule has 0 aliphatic heterocycles. The summed E-state index contributed by atoms with van der Waals surface area (Å²) in [5, 5.41) is 5.22. The molecular weight excluding hydrogens is 396 g/mol. The minimum Gasteiger partial charge on any atom is -0.484 e. The molecule has 0 spiro atoms. The van der Waals surface area contributed by atoms with Crippen LogP contribution < -0.4 is 14.8 Å². The minimum atomic E-state index is -0.247. The summed E-state index contributed by atoms with van der Waals surface area (Å²) in [6, 6.07) is 24.9. The Bertz CT molecular complexity index is 1110. The van der Waals surface area contributed by atoms with E-state index >= 15 is 0 Å². The number of anilines is 1. The summed E-state index contributed by atoms with van der Waals surface area (Å²) in [7, 11) is 0. The van der Waals surface area contributed by atoms with E-state index in [0.29, 0.717) is 10.9 Å². The number of hydrogen-bond acceptors (Lipinski definition) is 5. The fourth-order valence-corrected chi connectivity index (χ4v) is 3.46. The molecule has 0 radical (unpaired) electrons. The van der Waals surface area contributed by atoms with Gasteiger partial charge < -0.3 is 9.47 Å². The Morgan fingerprint density at radius 1 is 0.900 bits per heavy atom. The molecule has 150 valence electrons. The molecule has 4 rings (SSSR count). The molecule has 1 amide bonds. The van der Waals surface area contributed by atoms with E-state index in [0.717, 1.165) is 28.3 Å². The summed E-state index contributed by atoms with van der Waals surface area (Å²) in [6.45, 7) is 1.93. The lowest BCUT2D eigenvalue weighted by molar-refractivity contribution is -0.118. The fourth-order valence-electron chi connectivity index (χ4n) is 2.72. The molecule has 0 aliphatic rings. The number of amides is 1. The maximum absolute atomic E-state index is 12.1. The van der Waals surface area contributed by atoms with Crippen LogP contribution in [0, 0.1) is 6.92 Å². The number of aromatic nitrogens is 1. The van der Waals surface area contributed by atoms with Crippen LogP contribution in [-0.2, 0) is 4.79 Å². The van der Waals surface area contributed by atoms with Gasteiger partial charge in [0.05, 0.1) is 5.69 Å². The second kappa shape index (κ2) is 9.24. The highest BCUT2D eigenvalue weighted by Gasteiger charge is 2.09. The number of carbonyl (C=O) groups excluding carboxylic acids is 1. The number of carbonyl (C=O) groups is 1. The number of ether oxygens (including phenoxy) is 2. The van der Waals surface area contributed by atoms with Gasteiger partial charge in [-0.1, -0.05) is 35.9 Å². The van der Waals surface area contributed by atoms with E-state index < -0.39 is 0 Å². The molecule has 0 saturated heterocycles. The van der Waals surface area contributed by atoms with Crippen LogP contribution in [0.1, 0.15) is 5.56 Å². The van der Waals surface area contributed by atoms with E-state index in [1.807, 2.05) is 91.2 Å². The van der Waals surface area contributed by atoms with Crippen LogP contribution in [0.5, 0.6) is 17.2 Å². The zero-order valence-electron chi connectivity index (χ0n) is 16.4. The smallest absolute Gasteiger partial charge is 0.264 e. The third kappa shape index (κ3) is 5.24. The summed E-state index contributed by atoms with van der Waals surface area (Å²) in [4.78, 5) is 16.6. The van der Waals surface area contributed by atoms with Gasteiger partial charge >= 0.3 is 0 Å². The third-order valence-electron chi connectivity index (χ3n) is 4.27. The molecule has 6 heteroatoms. The van der Waals surface area contributed by atoms with Gasteiger partial charge in [-0.15, -0.1) is 11.3 Å². The number of hydrogen-bond donors (Lipinski definition) is 1. The van der Waals surface area contributed by atoms with Crippen LogP contribution in [0.25, 0.3) is 11.3 Å². The summed E-state index contributed by atoms with van der Waals surface area (Å²) in [5.41, 5.74) is 2.88. The van der Waals surface area contributed by atoms with Crippen LogP contribution in [-0.4, -0.2) is 17.5 Å². The van der Waals surface area contributed by atoms with Crippen molar-refractivity contribution in [3.63, 3.8) is 0 Å². The van der Waals surface area contributed by atoms with Crippen LogP contribution in [0.3, 0.4) is 0 Å². The second-order valence-corrected chi connectivity index (χ2v) is 7.49. The zero-order valence-corrected chi connectivity index (χ0v) is 17.2. The minimum absolute atomic E-state index is 0.0660. The van der Waals surface area contributed by atoms with Gasteiger partial charge in [0.2, 0.25) is 0 Å². The van der Waals surface area contributed by atoms with Crippen molar-refractivity contribution in [3.8, 4) is 28.5 Å². The zero-order chi connectivity index (χ0) is 20.8. The van der Waals surface area contributed by atoms with Crippen molar-refractivity contribution >= 4 is 22.4 Å². The van der Waals surface area contributed by atoms with Crippen LogP contribution in [0.2, 0.25) is 0 Å². The first kappa shape index (κ1) is 19.7. The molecule has 5 nitrogen and oxygen atoms in total. The van der Waals surface area contributed by atoms with Crippen molar-refractivity contribution in [2.75, 3.05) is 11.9 Å². The summed E-state index contributed by atoms with van der Waals surface area (Å²) >= 11 is 1.37. The molecule has 0 bridgehead atoms. The molecule has 0 atom stereocenters. The normalized spacial score (nSPS) is 10.4. The highest BCUT2D eigenvalue weighted by Crippen LogP contribution is 2.28. The van der Waals surface area contributed by atoms with E-state index in [9.17, 15) is 4.79 Å². The molecule has 3 aromatic carbocycles. The first-order chi connectivity index (χ1) is 14.7. The van der Waals surface area contributed by atoms with Gasteiger partial charge in [0, 0.05) is 10.9 Å². The molecule has 4 aromatic rings. The van der Waals surface area contributed by atoms with Gasteiger partial charge in [-0.25, -0.2) is 4.98 Å². The Morgan fingerprint density at radius 2 is 1.57 bits per heavy atom. The highest BCUT2D eigenvalue weighted by molar-refractivity contribution is 7.14. The molecular formula is C24H20N2O3S. The molecule has 1 aromatic heterocycles. The van der Waals surface area contributed by atoms with E-state index in [2.05, 4.69) is 10.3 Å². The van der Waals surface area contributed by atoms with Crippen LogP contribution >= 0.6 is 11.3 Å². The van der Waals surface area contributed by atoms with E-state index in [1.165, 1.54) is 11.3 Å². The van der Waals surface area contributed by atoms with Crippen molar-refractivity contribution in [2.24, 2.45) is 0 Å². The van der Waals surface area contributed by atoms with Crippen molar-refractivity contribution in [3.05, 3.63) is 89.8 Å². The van der Waals surface area contributed by atoms with Crippen molar-refractivity contribution in [1.29, 1.82) is 0 Å². The molecule has 0 fully saturated rings. The lowest BCUT2D eigenvalue weighted by Crippen LogP contribution is -2.20. The van der Waals surface area contributed by atoms with Crippen molar-refractivity contribution in [2.45, 2.75) is 6.92 Å².